The number of benzene rings is 3. The van der Waals surface area contributed by atoms with Gasteiger partial charge in [-0.3, -0.25) is 4.79 Å². The highest BCUT2D eigenvalue weighted by Crippen LogP contribution is 2.39. The Morgan fingerprint density at radius 2 is 1.46 bits per heavy atom. The molecule has 1 N–H and O–H groups in total. The van der Waals surface area contributed by atoms with E-state index in [-0.39, 0.29) is 17.2 Å². The number of hydrazone groups is 1. The Labute approximate surface area is 214 Å². The predicted octanol–water partition coefficient (Wildman–Crippen LogP) is 4.10. The fourth-order valence-corrected chi connectivity index (χ4v) is 3.29. The maximum Gasteiger partial charge on any atom is 0.343 e. The van der Waals surface area contributed by atoms with Gasteiger partial charge in [0.05, 0.1) is 46.8 Å². The molecule has 0 fully saturated rings. The smallest absolute Gasteiger partial charge is 0.343 e. The maximum atomic E-state index is 12.9. The van der Waals surface area contributed by atoms with E-state index in [0.717, 1.165) is 0 Å². The Hall–Kier alpha value is -4.73. The molecule has 0 saturated carbocycles. The van der Waals surface area contributed by atoms with E-state index in [9.17, 15) is 9.59 Å². The molecule has 3 aromatic rings. The van der Waals surface area contributed by atoms with Crippen LogP contribution in [0.4, 0.5) is 0 Å². The number of hydrogen-bond donors (Lipinski definition) is 1. The van der Waals surface area contributed by atoms with E-state index in [1.165, 1.54) is 39.7 Å². The lowest BCUT2D eigenvalue weighted by molar-refractivity contribution is 0.0727. The lowest BCUT2D eigenvalue weighted by Gasteiger charge is -2.15. The summed E-state index contributed by atoms with van der Waals surface area (Å²) in [5.74, 6) is 1.17. The van der Waals surface area contributed by atoms with Crippen molar-refractivity contribution in [1.29, 1.82) is 0 Å². The summed E-state index contributed by atoms with van der Waals surface area (Å²) >= 11 is 0. The van der Waals surface area contributed by atoms with Gasteiger partial charge in [0.2, 0.25) is 5.75 Å². The van der Waals surface area contributed by atoms with Crippen molar-refractivity contribution in [1.82, 2.24) is 5.43 Å². The van der Waals surface area contributed by atoms with Crippen molar-refractivity contribution in [2.75, 3.05) is 35.0 Å². The first-order chi connectivity index (χ1) is 17.9. The van der Waals surface area contributed by atoms with Gasteiger partial charge in [0.1, 0.15) is 5.75 Å². The van der Waals surface area contributed by atoms with E-state index in [4.69, 9.17) is 28.4 Å². The highest BCUT2D eigenvalue weighted by Gasteiger charge is 2.20. The minimum absolute atomic E-state index is 0.198. The zero-order chi connectivity index (χ0) is 26.8. The molecule has 37 heavy (non-hydrogen) atoms. The number of hydrogen-bond acceptors (Lipinski definition) is 9. The molecule has 0 saturated heterocycles. The summed E-state index contributed by atoms with van der Waals surface area (Å²) in [6.45, 7) is 2.14. The Morgan fingerprint density at radius 1 is 0.784 bits per heavy atom. The van der Waals surface area contributed by atoms with Gasteiger partial charge in [0.25, 0.3) is 5.91 Å². The summed E-state index contributed by atoms with van der Waals surface area (Å²) in [7, 11) is 5.94. The molecule has 10 nitrogen and oxygen atoms in total. The summed E-state index contributed by atoms with van der Waals surface area (Å²) < 4.78 is 32.2. The lowest BCUT2D eigenvalue weighted by Crippen LogP contribution is -2.17. The van der Waals surface area contributed by atoms with Gasteiger partial charge in [-0.05, 0) is 67.1 Å². The summed E-state index contributed by atoms with van der Waals surface area (Å²) in [4.78, 5) is 25.2. The molecule has 3 rings (SSSR count). The summed E-state index contributed by atoms with van der Waals surface area (Å²) in [6, 6.07) is 14.5. The van der Waals surface area contributed by atoms with Gasteiger partial charge < -0.3 is 28.4 Å². The van der Waals surface area contributed by atoms with Gasteiger partial charge in [-0.25, -0.2) is 10.2 Å². The van der Waals surface area contributed by atoms with Gasteiger partial charge >= 0.3 is 5.97 Å². The van der Waals surface area contributed by atoms with E-state index in [2.05, 4.69) is 10.5 Å². The molecule has 194 valence electrons. The van der Waals surface area contributed by atoms with Gasteiger partial charge in [-0.1, -0.05) is 0 Å². The van der Waals surface area contributed by atoms with E-state index in [0.29, 0.717) is 46.5 Å². The molecule has 1 amide bonds. The van der Waals surface area contributed by atoms with E-state index in [1.807, 2.05) is 0 Å². The van der Waals surface area contributed by atoms with Crippen molar-refractivity contribution >= 4 is 18.1 Å². The topological polar surface area (TPSA) is 114 Å². The molecule has 0 aliphatic rings. The molecule has 0 bridgehead atoms. The largest absolute Gasteiger partial charge is 0.497 e. The van der Waals surface area contributed by atoms with Gasteiger partial charge in [0.15, 0.2) is 23.0 Å². The van der Waals surface area contributed by atoms with Crippen molar-refractivity contribution in [2.45, 2.75) is 6.92 Å². The predicted molar refractivity (Wildman–Crippen MR) is 137 cm³/mol. The third-order valence-electron chi connectivity index (χ3n) is 5.10. The fourth-order valence-electron chi connectivity index (χ4n) is 3.29. The van der Waals surface area contributed by atoms with Gasteiger partial charge in [-0.2, -0.15) is 5.10 Å². The fraction of sp³-hybridized carbons (Fsp3) is 0.222. The van der Waals surface area contributed by atoms with Crippen molar-refractivity contribution in [2.24, 2.45) is 5.10 Å². The number of ether oxygens (including phenoxy) is 6. The molecule has 0 unspecified atom stereocenters. The van der Waals surface area contributed by atoms with Crippen molar-refractivity contribution in [3.8, 4) is 34.5 Å². The minimum Gasteiger partial charge on any atom is -0.497 e. The van der Waals surface area contributed by atoms with Crippen LogP contribution in [0.5, 0.6) is 34.5 Å². The molecule has 10 heteroatoms. The number of rotatable bonds is 11. The van der Waals surface area contributed by atoms with Crippen LogP contribution >= 0.6 is 0 Å². The van der Waals surface area contributed by atoms with Crippen LogP contribution in [0.2, 0.25) is 0 Å². The second kappa shape index (κ2) is 12.8. The second-order valence-electron chi connectivity index (χ2n) is 7.37. The number of nitrogens with zero attached hydrogens (tertiary/aromatic N) is 1. The lowest BCUT2D eigenvalue weighted by atomic mass is 10.1. The van der Waals surface area contributed by atoms with Crippen LogP contribution in [0.3, 0.4) is 0 Å². The Kier molecular flexibility index (Phi) is 9.31. The third kappa shape index (κ3) is 6.69. The Bertz CT molecular complexity index is 1250. The van der Waals surface area contributed by atoms with Crippen LogP contribution in [0.1, 0.15) is 33.2 Å². The Morgan fingerprint density at radius 3 is 2.03 bits per heavy atom. The number of esters is 1. The monoisotopic (exact) mass is 508 g/mol. The zero-order valence-electron chi connectivity index (χ0n) is 21.2. The zero-order valence-corrected chi connectivity index (χ0v) is 21.2. The van der Waals surface area contributed by atoms with Crippen molar-refractivity contribution in [3.05, 3.63) is 71.3 Å². The Balaban J connectivity index is 1.75. The molecular weight excluding hydrogens is 480 g/mol. The highest BCUT2D eigenvalue weighted by molar-refractivity contribution is 5.95. The molecule has 0 atom stereocenters. The summed E-state index contributed by atoms with van der Waals surface area (Å²) in [5.41, 5.74) is 3.71. The summed E-state index contributed by atoms with van der Waals surface area (Å²) in [6.07, 6.45) is 1.45. The molecule has 0 spiro atoms. The van der Waals surface area contributed by atoms with Gasteiger partial charge in [-0.15, -0.1) is 0 Å². The van der Waals surface area contributed by atoms with Crippen LogP contribution in [-0.4, -0.2) is 53.1 Å². The molecule has 0 radical (unpaired) electrons. The molecule has 0 aliphatic heterocycles. The molecule has 0 heterocycles. The minimum atomic E-state index is -0.645. The van der Waals surface area contributed by atoms with Crippen LogP contribution in [-0.2, 0) is 0 Å². The number of amides is 1. The third-order valence-corrected chi connectivity index (χ3v) is 5.10. The quantitative estimate of drug-likeness (QED) is 0.178. The van der Waals surface area contributed by atoms with Crippen LogP contribution in [0.15, 0.2) is 59.7 Å². The highest BCUT2D eigenvalue weighted by atomic mass is 16.6. The molecule has 0 aliphatic carbocycles. The first kappa shape index (κ1) is 26.9. The molecule has 0 aromatic heterocycles. The summed E-state index contributed by atoms with van der Waals surface area (Å²) in [5, 5.41) is 4.00. The normalized spacial score (nSPS) is 10.5. The van der Waals surface area contributed by atoms with Gasteiger partial charge in [0, 0.05) is 5.56 Å². The van der Waals surface area contributed by atoms with E-state index >= 15 is 0 Å². The number of nitrogens with one attached hydrogen (secondary N) is 1. The molecular formula is C27H28N2O8. The standard InChI is InChI=1S/C27H28N2O8/c1-6-36-22-13-17(16-28-29-26(30)18-8-10-20(32-2)11-9-18)7-12-21(22)37-27(31)19-14-23(33-3)25(35-5)24(15-19)34-4/h7-16H,6H2,1-5H3,(H,29,30)/b28-16+. The number of carbonyl (C=O) groups excluding carboxylic acids is 2. The first-order valence-electron chi connectivity index (χ1n) is 11.2. The van der Waals surface area contributed by atoms with Crippen LogP contribution in [0, 0.1) is 0 Å². The van der Waals surface area contributed by atoms with Crippen LogP contribution in [0.25, 0.3) is 0 Å². The van der Waals surface area contributed by atoms with E-state index < -0.39 is 5.97 Å². The SMILES string of the molecule is CCOc1cc(/C=N/NC(=O)c2ccc(OC)cc2)ccc1OC(=O)c1cc(OC)c(OC)c(OC)c1. The first-order valence-corrected chi connectivity index (χ1v) is 11.2. The average Bonchev–Trinajstić information content (AvgIpc) is 2.93. The number of methoxy groups -OCH3 is 4. The van der Waals surface area contributed by atoms with Crippen molar-refractivity contribution in [3.63, 3.8) is 0 Å². The van der Waals surface area contributed by atoms with Crippen molar-refractivity contribution < 1.29 is 38.0 Å². The molecule has 3 aromatic carbocycles. The average molecular weight is 509 g/mol. The second-order valence-corrected chi connectivity index (χ2v) is 7.37. The van der Waals surface area contributed by atoms with Crippen LogP contribution < -0.4 is 33.8 Å². The van der Waals surface area contributed by atoms with E-state index in [1.54, 1.807) is 56.5 Å². The maximum absolute atomic E-state index is 12.9. The number of carbonyl (C=O) groups is 2.